The monoisotopic (exact) mass is 281 g/mol. The number of hydrogen-bond acceptors (Lipinski definition) is 5. The van der Waals surface area contributed by atoms with Gasteiger partial charge in [-0.25, -0.2) is 4.98 Å². The Balaban J connectivity index is 1.60. The standard InChI is InChI=1S/C14H23N3O3/c1-11-13(16-10-20-11)14(19)15-6-2-3-7-17-8-4-5-12(17)9-18/h10,12,18H,2-9H2,1H3,(H,15,19). The summed E-state index contributed by atoms with van der Waals surface area (Å²) >= 11 is 0. The Kier molecular flexibility index (Phi) is 5.55. The van der Waals surface area contributed by atoms with E-state index < -0.39 is 0 Å². The molecule has 2 heterocycles. The molecule has 2 rings (SSSR count). The van der Waals surface area contributed by atoms with Crippen LogP contribution in [0.5, 0.6) is 0 Å². The summed E-state index contributed by atoms with van der Waals surface area (Å²) in [7, 11) is 0. The largest absolute Gasteiger partial charge is 0.448 e. The average Bonchev–Trinajstić information content (AvgIpc) is 3.06. The molecule has 1 amide bonds. The van der Waals surface area contributed by atoms with E-state index in [0.717, 1.165) is 32.4 Å². The van der Waals surface area contributed by atoms with E-state index >= 15 is 0 Å². The third-order valence-electron chi connectivity index (χ3n) is 3.83. The van der Waals surface area contributed by atoms with Gasteiger partial charge in [-0.05, 0) is 45.7 Å². The van der Waals surface area contributed by atoms with Crippen LogP contribution in [0.3, 0.4) is 0 Å². The fraction of sp³-hybridized carbons (Fsp3) is 0.714. The van der Waals surface area contributed by atoms with E-state index in [0.29, 0.717) is 24.0 Å². The molecule has 1 aromatic rings. The Morgan fingerprint density at radius 3 is 3.15 bits per heavy atom. The molecule has 2 N–H and O–H groups in total. The van der Waals surface area contributed by atoms with Gasteiger partial charge in [0.25, 0.3) is 5.91 Å². The second kappa shape index (κ2) is 7.40. The molecule has 6 nitrogen and oxygen atoms in total. The minimum Gasteiger partial charge on any atom is -0.448 e. The Morgan fingerprint density at radius 1 is 1.60 bits per heavy atom. The van der Waals surface area contributed by atoms with Crippen LogP contribution in [0, 0.1) is 6.92 Å². The predicted octanol–water partition coefficient (Wildman–Crippen LogP) is 0.950. The number of likely N-dealkylation sites (tertiary alicyclic amines) is 1. The molecule has 1 atom stereocenters. The zero-order valence-corrected chi connectivity index (χ0v) is 12.0. The first kappa shape index (κ1) is 15.0. The van der Waals surface area contributed by atoms with E-state index in [1.165, 1.54) is 12.8 Å². The van der Waals surface area contributed by atoms with Gasteiger partial charge >= 0.3 is 0 Å². The van der Waals surface area contributed by atoms with Gasteiger partial charge in [-0.2, -0.15) is 0 Å². The molecule has 1 aliphatic heterocycles. The van der Waals surface area contributed by atoms with Crippen molar-refractivity contribution in [1.29, 1.82) is 0 Å². The molecule has 1 saturated heterocycles. The highest BCUT2D eigenvalue weighted by atomic mass is 16.3. The number of nitrogens with one attached hydrogen (secondary N) is 1. The van der Waals surface area contributed by atoms with Crippen molar-refractivity contribution in [2.75, 3.05) is 26.2 Å². The highest BCUT2D eigenvalue weighted by molar-refractivity contribution is 5.92. The molecular formula is C14H23N3O3. The summed E-state index contributed by atoms with van der Waals surface area (Å²) in [6.45, 7) is 4.69. The van der Waals surface area contributed by atoms with E-state index in [1.54, 1.807) is 6.92 Å². The lowest BCUT2D eigenvalue weighted by atomic mass is 10.2. The third-order valence-corrected chi connectivity index (χ3v) is 3.83. The summed E-state index contributed by atoms with van der Waals surface area (Å²) in [6, 6.07) is 0.336. The minimum absolute atomic E-state index is 0.175. The van der Waals surface area contributed by atoms with Gasteiger partial charge in [0.15, 0.2) is 12.1 Å². The van der Waals surface area contributed by atoms with Crippen molar-refractivity contribution in [3.8, 4) is 0 Å². The molecule has 1 fully saturated rings. The van der Waals surface area contributed by atoms with Crippen LogP contribution in [0.4, 0.5) is 0 Å². The van der Waals surface area contributed by atoms with Gasteiger partial charge in [0, 0.05) is 12.6 Å². The van der Waals surface area contributed by atoms with Crippen LogP contribution >= 0.6 is 0 Å². The summed E-state index contributed by atoms with van der Waals surface area (Å²) in [6.07, 6.45) is 5.50. The molecule has 0 radical (unpaired) electrons. The van der Waals surface area contributed by atoms with E-state index in [4.69, 9.17) is 4.42 Å². The Morgan fingerprint density at radius 2 is 2.45 bits per heavy atom. The second-order valence-electron chi connectivity index (χ2n) is 5.23. The first-order chi connectivity index (χ1) is 9.72. The number of aryl methyl sites for hydroxylation is 1. The molecule has 6 heteroatoms. The second-order valence-corrected chi connectivity index (χ2v) is 5.23. The third kappa shape index (κ3) is 3.80. The first-order valence-corrected chi connectivity index (χ1v) is 7.25. The van der Waals surface area contributed by atoms with E-state index in [9.17, 15) is 9.90 Å². The van der Waals surface area contributed by atoms with Crippen molar-refractivity contribution in [2.24, 2.45) is 0 Å². The Hall–Kier alpha value is -1.40. The van der Waals surface area contributed by atoms with Gasteiger partial charge in [-0.1, -0.05) is 0 Å². The zero-order valence-electron chi connectivity index (χ0n) is 12.0. The summed E-state index contributed by atoms with van der Waals surface area (Å²) in [5.74, 6) is 0.371. The molecule has 1 unspecified atom stereocenters. The number of oxazole rings is 1. The maximum Gasteiger partial charge on any atom is 0.273 e. The molecule has 1 aromatic heterocycles. The Bertz CT molecular complexity index is 433. The van der Waals surface area contributed by atoms with E-state index in [1.807, 2.05) is 0 Å². The SMILES string of the molecule is Cc1ocnc1C(=O)NCCCCN1CCCC1CO. The predicted molar refractivity (Wildman–Crippen MR) is 74.5 cm³/mol. The molecule has 0 aliphatic carbocycles. The van der Waals surface area contributed by atoms with Crippen molar-refractivity contribution in [1.82, 2.24) is 15.2 Å². The van der Waals surface area contributed by atoms with Crippen LogP contribution in [0.1, 0.15) is 41.9 Å². The number of rotatable bonds is 7. The van der Waals surface area contributed by atoms with Crippen LogP contribution < -0.4 is 5.32 Å². The number of carbonyl (C=O) groups is 1. The highest BCUT2D eigenvalue weighted by Gasteiger charge is 2.22. The number of hydrogen-bond donors (Lipinski definition) is 2. The molecule has 0 saturated carbocycles. The summed E-state index contributed by atoms with van der Waals surface area (Å²) in [4.78, 5) is 18.0. The smallest absolute Gasteiger partial charge is 0.273 e. The number of amides is 1. The first-order valence-electron chi connectivity index (χ1n) is 7.25. The average molecular weight is 281 g/mol. The summed E-state index contributed by atoms with van der Waals surface area (Å²) in [5, 5.41) is 12.1. The minimum atomic E-state index is -0.175. The topological polar surface area (TPSA) is 78.6 Å². The summed E-state index contributed by atoms with van der Waals surface area (Å²) < 4.78 is 5.00. The molecule has 1 aliphatic rings. The maximum absolute atomic E-state index is 11.8. The molecule has 112 valence electrons. The molecule has 0 bridgehead atoms. The van der Waals surface area contributed by atoms with Crippen LogP contribution in [0.15, 0.2) is 10.8 Å². The van der Waals surface area contributed by atoms with Gasteiger partial charge in [0.2, 0.25) is 0 Å². The number of aliphatic hydroxyl groups is 1. The number of aliphatic hydroxyl groups excluding tert-OH is 1. The molecule has 0 spiro atoms. The molecular weight excluding hydrogens is 258 g/mol. The fourth-order valence-corrected chi connectivity index (χ4v) is 2.65. The lowest BCUT2D eigenvalue weighted by molar-refractivity contribution is 0.0946. The zero-order chi connectivity index (χ0) is 14.4. The number of unbranched alkanes of at least 4 members (excludes halogenated alkanes) is 1. The van der Waals surface area contributed by atoms with Crippen molar-refractivity contribution in [3.63, 3.8) is 0 Å². The lowest BCUT2D eigenvalue weighted by Crippen LogP contribution is -2.33. The highest BCUT2D eigenvalue weighted by Crippen LogP contribution is 2.16. The van der Waals surface area contributed by atoms with Crippen molar-refractivity contribution in [2.45, 2.75) is 38.6 Å². The fourth-order valence-electron chi connectivity index (χ4n) is 2.65. The van der Waals surface area contributed by atoms with Crippen LogP contribution in [0.25, 0.3) is 0 Å². The van der Waals surface area contributed by atoms with Gasteiger partial charge in [0.05, 0.1) is 6.61 Å². The lowest BCUT2D eigenvalue weighted by Gasteiger charge is -2.22. The van der Waals surface area contributed by atoms with Gasteiger partial charge in [-0.15, -0.1) is 0 Å². The van der Waals surface area contributed by atoms with Crippen molar-refractivity contribution in [3.05, 3.63) is 17.8 Å². The van der Waals surface area contributed by atoms with Crippen LogP contribution in [-0.2, 0) is 0 Å². The van der Waals surface area contributed by atoms with Crippen LogP contribution in [-0.4, -0.2) is 53.2 Å². The molecule has 20 heavy (non-hydrogen) atoms. The van der Waals surface area contributed by atoms with Gasteiger partial charge in [0.1, 0.15) is 5.76 Å². The number of carbonyl (C=O) groups excluding carboxylic acids is 1. The quantitative estimate of drug-likeness (QED) is 0.728. The van der Waals surface area contributed by atoms with Crippen molar-refractivity contribution < 1.29 is 14.3 Å². The summed E-state index contributed by atoms with van der Waals surface area (Å²) in [5.41, 5.74) is 0.366. The van der Waals surface area contributed by atoms with Gasteiger partial charge in [-0.3, -0.25) is 9.69 Å². The number of nitrogens with zero attached hydrogens (tertiary/aromatic N) is 2. The van der Waals surface area contributed by atoms with Gasteiger partial charge < -0.3 is 14.8 Å². The van der Waals surface area contributed by atoms with E-state index in [2.05, 4.69) is 15.2 Å². The maximum atomic E-state index is 11.8. The van der Waals surface area contributed by atoms with Crippen LogP contribution in [0.2, 0.25) is 0 Å². The molecule has 0 aromatic carbocycles. The number of aromatic nitrogens is 1. The normalized spacial score (nSPS) is 19.4. The van der Waals surface area contributed by atoms with Crippen molar-refractivity contribution >= 4 is 5.91 Å². The Labute approximate surface area is 119 Å². The van der Waals surface area contributed by atoms with E-state index in [-0.39, 0.29) is 12.5 Å².